The summed E-state index contributed by atoms with van der Waals surface area (Å²) >= 11 is 0. The van der Waals surface area contributed by atoms with Gasteiger partial charge in [0, 0.05) is 38.9 Å². The molecule has 3 amide bonds. The maximum absolute atomic E-state index is 12.3. The van der Waals surface area contributed by atoms with Gasteiger partial charge in [-0.05, 0) is 18.4 Å². The largest absolute Gasteiger partial charge is 0.351 e. The van der Waals surface area contributed by atoms with Crippen molar-refractivity contribution in [1.29, 1.82) is 0 Å². The molecule has 7 nitrogen and oxygen atoms in total. The Morgan fingerprint density at radius 2 is 1.88 bits per heavy atom. The van der Waals surface area contributed by atoms with E-state index in [9.17, 15) is 14.4 Å². The average Bonchev–Trinajstić information content (AvgIpc) is 3.06. The molecule has 0 aliphatic carbocycles. The molecule has 0 aromatic heterocycles. The van der Waals surface area contributed by atoms with Crippen LogP contribution in [-0.4, -0.2) is 53.0 Å². The molecule has 2 aliphatic heterocycles. The van der Waals surface area contributed by atoms with Crippen molar-refractivity contribution in [3.63, 3.8) is 0 Å². The van der Waals surface area contributed by atoms with Crippen molar-refractivity contribution in [2.24, 2.45) is 5.10 Å². The van der Waals surface area contributed by atoms with Gasteiger partial charge in [-0.1, -0.05) is 30.3 Å². The van der Waals surface area contributed by atoms with Crippen molar-refractivity contribution in [3.8, 4) is 0 Å². The Hall–Kier alpha value is -2.70. The zero-order chi connectivity index (χ0) is 18.4. The van der Waals surface area contributed by atoms with Gasteiger partial charge in [-0.3, -0.25) is 14.4 Å². The summed E-state index contributed by atoms with van der Waals surface area (Å²) in [4.78, 5) is 37.7. The van der Waals surface area contributed by atoms with Crippen LogP contribution in [-0.2, 0) is 20.9 Å². The number of carbonyl (C=O) groups is 3. The van der Waals surface area contributed by atoms with Crippen LogP contribution in [0.3, 0.4) is 0 Å². The Morgan fingerprint density at radius 1 is 1.08 bits per heavy atom. The summed E-state index contributed by atoms with van der Waals surface area (Å²) in [7, 11) is 0. The topological polar surface area (TPSA) is 82.1 Å². The highest BCUT2D eigenvalue weighted by atomic mass is 16.2. The Balaban J connectivity index is 1.48. The van der Waals surface area contributed by atoms with Gasteiger partial charge in [0.1, 0.15) is 5.71 Å². The normalized spacial score (nSPS) is 17.5. The summed E-state index contributed by atoms with van der Waals surface area (Å²) in [5.74, 6) is -0.107. The second-order valence-corrected chi connectivity index (χ2v) is 6.58. The average molecular weight is 356 g/mol. The number of nitrogens with zero attached hydrogens (tertiary/aromatic N) is 3. The minimum absolute atomic E-state index is 0.0713. The summed E-state index contributed by atoms with van der Waals surface area (Å²) in [6, 6.07) is 9.59. The van der Waals surface area contributed by atoms with Crippen LogP contribution in [0.15, 0.2) is 35.4 Å². The molecule has 2 aliphatic rings. The van der Waals surface area contributed by atoms with Gasteiger partial charge in [-0.25, -0.2) is 5.01 Å². The van der Waals surface area contributed by atoms with E-state index < -0.39 is 0 Å². The lowest BCUT2D eigenvalue weighted by Gasteiger charge is -2.23. The van der Waals surface area contributed by atoms with E-state index in [0.717, 1.165) is 24.9 Å². The first-order valence-electron chi connectivity index (χ1n) is 9.11. The van der Waals surface area contributed by atoms with Crippen molar-refractivity contribution < 1.29 is 14.4 Å². The van der Waals surface area contributed by atoms with Crippen molar-refractivity contribution in [2.45, 2.75) is 38.6 Å². The summed E-state index contributed by atoms with van der Waals surface area (Å²) < 4.78 is 0. The van der Waals surface area contributed by atoms with Crippen LogP contribution >= 0.6 is 0 Å². The number of hydrogen-bond donors (Lipinski definition) is 1. The number of hydrazone groups is 1. The van der Waals surface area contributed by atoms with E-state index in [2.05, 4.69) is 10.4 Å². The summed E-state index contributed by atoms with van der Waals surface area (Å²) in [5.41, 5.74) is 1.36. The third kappa shape index (κ3) is 4.68. The monoisotopic (exact) mass is 356 g/mol. The summed E-state index contributed by atoms with van der Waals surface area (Å²) in [5, 5.41) is 8.47. The first kappa shape index (κ1) is 18.1. The van der Waals surface area contributed by atoms with E-state index in [0.29, 0.717) is 44.6 Å². The molecule has 0 bridgehead atoms. The quantitative estimate of drug-likeness (QED) is 0.748. The molecule has 1 saturated heterocycles. The molecule has 26 heavy (non-hydrogen) atoms. The Bertz CT molecular complexity index is 702. The zero-order valence-corrected chi connectivity index (χ0v) is 14.8. The summed E-state index contributed by atoms with van der Waals surface area (Å²) in [6.45, 7) is 2.35. The van der Waals surface area contributed by atoms with Gasteiger partial charge in [0.05, 0.1) is 6.54 Å². The second kappa shape index (κ2) is 8.60. The van der Waals surface area contributed by atoms with E-state index in [1.807, 2.05) is 35.2 Å². The van der Waals surface area contributed by atoms with Gasteiger partial charge in [0.15, 0.2) is 0 Å². The van der Waals surface area contributed by atoms with Crippen LogP contribution in [0.4, 0.5) is 0 Å². The molecule has 2 heterocycles. The van der Waals surface area contributed by atoms with Gasteiger partial charge in [0.25, 0.3) is 5.91 Å². The van der Waals surface area contributed by atoms with Gasteiger partial charge >= 0.3 is 0 Å². The molecule has 0 atom stereocenters. The van der Waals surface area contributed by atoms with Crippen LogP contribution in [0.1, 0.15) is 37.7 Å². The van der Waals surface area contributed by atoms with Gasteiger partial charge in [-0.15, -0.1) is 0 Å². The molecule has 7 heteroatoms. The van der Waals surface area contributed by atoms with E-state index in [4.69, 9.17) is 0 Å². The summed E-state index contributed by atoms with van der Waals surface area (Å²) in [6.07, 6.45) is 2.93. The minimum atomic E-state index is -0.233. The molecule has 0 spiro atoms. The number of nitrogens with one attached hydrogen (secondary N) is 1. The molecule has 1 fully saturated rings. The molecular weight excluding hydrogens is 332 g/mol. The molecule has 1 aromatic carbocycles. The van der Waals surface area contributed by atoms with Crippen LogP contribution in [0.5, 0.6) is 0 Å². The molecule has 3 rings (SSSR count). The smallest absolute Gasteiger partial charge is 0.267 e. The SMILES string of the molecule is O=C(NCCCN1CCCC1=O)C1=NN(Cc2ccccc2)C(=O)CC1. The molecule has 138 valence electrons. The fourth-order valence-electron chi connectivity index (χ4n) is 3.16. The Labute approximate surface area is 153 Å². The van der Waals surface area contributed by atoms with Crippen LogP contribution in [0, 0.1) is 0 Å². The fourth-order valence-corrected chi connectivity index (χ4v) is 3.16. The van der Waals surface area contributed by atoms with E-state index in [-0.39, 0.29) is 17.7 Å². The molecule has 0 saturated carbocycles. The van der Waals surface area contributed by atoms with E-state index in [1.54, 1.807) is 0 Å². The first-order chi connectivity index (χ1) is 12.6. The Morgan fingerprint density at radius 3 is 2.62 bits per heavy atom. The van der Waals surface area contributed by atoms with Gasteiger partial charge < -0.3 is 10.2 Å². The standard InChI is InChI=1S/C19H24N4O3/c24-17-8-4-12-22(17)13-5-11-20-19(26)16-9-10-18(25)23(21-16)14-15-6-2-1-3-7-15/h1-3,6-7H,4-5,8-14H2,(H,20,26). The Kier molecular flexibility index (Phi) is 5.99. The maximum atomic E-state index is 12.3. The van der Waals surface area contributed by atoms with Gasteiger partial charge in [-0.2, -0.15) is 5.10 Å². The van der Waals surface area contributed by atoms with Gasteiger partial charge in [0.2, 0.25) is 11.8 Å². The predicted octanol–water partition coefficient (Wildman–Crippen LogP) is 1.29. The van der Waals surface area contributed by atoms with Crippen LogP contribution < -0.4 is 5.32 Å². The number of benzene rings is 1. The number of amides is 3. The maximum Gasteiger partial charge on any atom is 0.267 e. The third-order valence-electron chi connectivity index (χ3n) is 4.60. The lowest BCUT2D eigenvalue weighted by atomic mass is 10.1. The first-order valence-corrected chi connectivity index (χ1v) is 9.11. The third-order valence-corrected chi connectivity index (χ3v) is 4.60. The highest BCUT2D eigenvalue weighted by Gasteiger charge is 2.24. The van der Waals surface area contributed by atoms with E-state index in [1.165, 1.54) is 5.01 Å². The molecule has 0 unspecified atom stereocenters. The van der Waals surface area contributed by atoms with Crippen molar-refractivity contribution in [2.75, 3.05) is 19.6 Å². The molecule has 1 N–H and O–H groups in total. The van der Waals surface area contributed by atoms with E-state index >= 15 is 0 Å². The molecular formula is C19H24N4O3. The highest BCUT2D eigenvalue weighted by molar-refractivity contribution is 6.39. The second-order valence-electron chi connectivity index (χ2n) is 6.58. The number of rotatable bonds is 7. The number of carbonyl (C=O) groups excluding carboxylic acids is 3. The lowest BCUT2D eigenvalue weighted by Crippen LogP contribution is -2.39. The van der Waals surface area contributed by atoms with Crippen LogP contribution in [0.2, 0.25) is 0 Å². The van der Waals surface area contributed by atoms with Crippen molar-refractivity contribution in [3.05, 3.63) is 35.9 Å². The highest BCUT2D eigenvalue weighted by Crippen LogP contribution is 2.14. The lowest BCUT2D eigenvalue weighted by molar-refractivity contribution is -0.132. The fraction of sp³-hybridized carbons (Fsp3) is 0.474. The zero-order valence-electron chi connectivity index (χ0n) is 14.8. The van der Waals surface area contributed by atoms with Crippen LogP contribution in [0.25, 0.3) is 0 Å². The van der Waals surface area contributed by atoms with Crippen molar-refractivity contribution in [1.82, 2.24) is 15.2 Å². The molecule has 1 aromatic rings. The van der Waals surface area contributed by atoms with Crippen molar-refractivity contribution >= 4 is 23.4 Å². The predicted molar refractivity (Wildman–Crippen MR) is 97.1 cm³/mol. The number of likely N-dealkylation sites (tertiary alicyclic amines) is 1. The minimum Gasteiger partial charge on any atom is -0.351 e. The molecule has 0 radical (unpaired) electrons. The number of hydrogen-bond acceptors (Lipinski definition) is 4.